The highest BCUT2D eigenvalue weighted by molar-refractivity contribution is 5.44. The Bertz CT molecular complexity index is 671. The highest BCUT2D eigenvalue weighted by atomic mass is 19.1. The van der Waals surface area contributed by atoms with Crippen molar-refractivity contribution in [2.24, 2.45) is 0 Å². The molecule has 0 aliphatic rings. The minimum Gasteiger partial charge on any atom is -0.496 e. The monoisotopic (exact) mass is 297 g/mol. The SMILES string of the molecule is COc1ccc(C(C)C)cc1C(C#N)Cc1ccc(F)cc1. The topological polar surface area (TPSA) is 33.0 Å². The van der Waals surface area contributed by atoms with Gasteiger partial charge in [-0.3, -0.25) is 0 Å². The van der Waals surface area contributed by atoms with Gasteiger partial charge in [-0.1, -0.05) is 38.1 Å². The molecule has 0 amide bonds. The maximum atomic E-state index is 13.0. The van der Waals surface area contributed by atoms with Gasteiger partial charge in [0.1, 0.15) is 11.6 Å². The third kappa shape index (κ3) is 3.65. The number of nitrogens with zero attached hydrogens (tertiary/aromatic N) is 1. The van der Waals surface area contributed by atoms with Crippen LogP contribution in [0.25, 0.3) is 0 Å². The molecule has 0 fully saturated rings. The molecular formula is C19H20FNO. The van der Waals surface area contributed by atoms with Crippen molar-refractivity contribution in [3.8, 4) is 11.8 Å². The molecule has 2 nitrogen and oxygen atoms in total. The first kappa shape index (κ1) is 16.0. The molecular weight excluding hydrogens is 277 g/mol. The lowest BCUT2D eigenvalue weighted by Crippen LogP contribution is -2.04. The zero-order valence-corrected chi connectivity index (χ0v) is 13.1. The summed E-state index contributed by atoms with van der Waals surface area (Å²) >= 11 is 0. The molecule has 0 radical (unpaired) electrons. The quantitative estimate of drug-likeness (QED) is 0.793. The van der Waals surface area contributed by atoms with E-state index < -0.39 is 0 Å². The van der Waals surface area contributed by atoms with Crippen LogP contribution in [-0.4, -0.2) is 7.11 Å². The Hall–Kier alpha value is -2.34. The second-order valence-electron chi connectivity index (χ2n) is 5.67. The Morgan fingerprint density at radius 1 is 1.14 bits per heavy atom. The number of hydrogen-bond acceptors (Lipinski definition) is 2. The number of nitriles is 1. The summed E-state index contributed by atoms with van der Waals surface area (Å²) in [5, 5.41) is 9.57. The van der Waals surface area contributed by atoms with E-state index in [0.717, 1.165) is 16.9 Å². The van der Waals surface area contributed by atoms with E-state index in [1.165, 1.54) is 17.7 Å². The number of benzene rings is 2. The lowest BCUT2D eigenvalue weighted by molar-refractivity contribution is 0.407. The molecule has 0 bridgehead atoms. The third-order valence-electron chi connectivity index (χ3n) is 3.80. The summed E-state index contributed by atoms with van der Waals surface area (Å²) in [7, 11) is 1.61. The van der Waals surface area contributed by atoms with Gasteiger partial charge in [0, 0.05) is 5.56 Å². The van der Waals surface area contributed by atoms with Gasteiger partial charge in [-0.15, -0.1) is 0 Å². The van der Waals surface area contributed by atoms with Gasteiger partial charge in [-0.2, -0.15) is 5.26 Å². The predicted octanol–water partition coefficient (Wildman–Crippen LogP) is 4.81. The van der Waals surface area contributed by atoms with Gasteiger partial charge < -0.3 is 4.74 Å². The average molecular weight is 297 g/mol. The van der Waals surface area contributed by atoms with Crippen LogP contribution in [0.4, 0.5) is 4.39 Å². The molecule has 22 heavy (non-hydrogen) atoms. The van der Waals surface area contributed by atoms with E-state index >= 15 is 0 Å². The second-order valence-corrected chi connectivity index (χ2v) is 5.67. The smallest absolute Gasteiger partial charge is 0.123 e. The van der Waals surface area contributed by atoms with Crippen LogP contribution in [0.2, 0.25) is 0 Å². The number of methoxy groups -OCH3 is 1. The van der Waals surface area contributed by atoms with Crippen molar-refractivity contribution in [3.63, 3.8) is 0 Å². The maximum Gasteiger partial charge on any atom is 0.123 e. The predicted molar refractivity (Wildman–Crippen MR) is 85.5 cm³/mol. The molecule has 2 rings (SSSR count). The van der Waals surface area contributed by atoms with Gasteiger partial charge >= 0.3 is 0 Å². The Morgan fingerprint density at radius 2 is 1.82 bits per heavy atom. The standard InChI is InChI=1S/C19H20FNO/c1-13(2)15-6-9-19(22-3)18(11-15)16(12-21)10-14-4-7-17(20)8-5-14/h4-9,11,13,16H,10H2,1-3H3. The van der Waals surface area contributed by atoms with Gasteiger partial charge in [-0.05, 0) is 41.7 Å². The number of halogens is 1. The van der Waals surface area contributed by atoms with Crippen LogP contribution in [0.1, 0.15) is 42.4 Å². The third-order valence-corrected chi connectivity index (χ3v) is 3.80. The largest absolute Gasteiger partial charge is 0.496 e. The fraction of sp³-hybridized carbons (Fsp3) is 0.316. The first-order valence-corrected chi connectivity index (χ1v) is 7.37. The summed E-state index contributed by atoms with van der Waals surface area (Å²) in [6, 6.07) is 14.6. The van der Waals surface area contributed by atoms with Crippen LogP contribution in [0.5, 0.6) is 5.75 Å². The van der Waals surface area contributed by atoms with E-state index in [4.69, 9.17) is 4.74 Å². The van der Waals surface area contributed by atoms with E-state index in [0.29, 0.717) is 12.3 Å². The average Bonchev–Trinajstić information content (AvgIpc) is 2.53. The van der Waals surface area contributed by atoms with Crippen molar-refractivity contribution < 1.29 is 9.13 Å². The Labute approximate surface area is 131 Å². The molecule has 2 aromatic carbocycles. The molecule has 0 aromatic heterocycles. The van der Waals surface area contributed by atoms with E-state index in [-0.39, 0.29) is 11.7 Å². The van der Waals surface area contributed by atoms with Crippen molar-refractivity contribution in [2.75, 3.05) is 7.11 Å². The van der Waals surface area contributed by atoms with Crippen molar-refractivity contribution in [1.29, 1.82) is 5.26 Å². The molecule has 0 saturated heterocycles. The van der Waals surface area contributed by atoms with Gasteiger partial charge in [0.05, 0.1) is 19.1 Å². The minimum absolute atomic E-state index is 0.267. The molecule has 0 N–H and O–H groups in total. The molecule has 1 unspecified atom stereocenters. The first-order valence-electron chi connectivity index (χ1n) is 7.37. The molecule has 2 aromatic rings. The van der Waals surface area contributed by atoms with Crippen molar-refractivity contribution in [1.82, 2.24) is 0 Å². The van der Waals surface area contributed by atoms with E-state index in [1.54, 1.807) is 19.2 Å². The summed E-state index contributed by atoms with van der Waals surface area (Å²) in [6.07, 6.45) is 0.536. The Balaban J connectivity index is 2.35. The summed E-state index contributed by atoms with van der Waals surface area (Å²) in [5.74, 6) is 0.517. The molecule has 114 valence electrons. The zero-order valence-electron chi connectivity index (χ0n) is 13.1. The summed E-state index contributed by atoms with van der Waals surface area (Å²) in [6.45, 7) is 4.24. The summed E-state index contributed by atoms with van der Waals surface area (Å²) in [5.41, 5.74) is 3.00. The molecule has 3 heteroatoms. The minimum atomic E-state index is -0.320. The van der Waals surface area contributed by atoms with Crippen LogP contribution < -0.4 is 4.74 Å². The number of ether oxygens (including phenoxy) is 1. The molecule has 0 spiro atoms. The number of rotatable bonds is 5. The van der Waals surface area contributed by atoms with Crippen molar-refractivity contribution in [2.45, 2.75) is 32.1 Å². The number of hydrogen-bond donors (Lipinski definition) is 0. The molecule has 0 heterocycles. The molecule has 0 aliphatic heterocycles. The van der Waals surface area contributed by atoms with E-state index in [9.17, 15) is 9.65 Å². The van der Waals surface area contributed by atoms with Gasteiger partial charge in [0.2, 0.25) is 0 Å². The fourth-order valence-electron chi connectivity index (χ4n) is 2.47. The zero-order chi connectivity index (χ0) is 16.1. The normalized spacial score (nSPS) is 12.0. The first-order chi connectivity index (χ1) is 10.5. The lowest BCUT2D eigenvalue weighted by atomic mass is 9.89. The lowest BCUT2D eigenvalue weighted by Gasteiger charge is -2.16. The Morgan fingerprint density at radius 3 is 2.36 bits per heavy atom. The highest BCUT2D eigenvalue weighted by Gasteiger charge is 2.18. The van der Waals surface area contributed by atoms with Gasteiger partial charge in [0.25, 0.3) is 0 Å². The van der Waals surface area contributed by atoms with Crippen molar-refractivity contribution >= 4 is 0 Å². The fourth-order valence-corrected chi connectivity index (χ4v) is 2.47. The molecule has 0 aliphatic carbocycles. The second kappa shape index (κ2) is 7.09. The van der Waals surface area contributed by atoms with Crippen LogP contribution in [0, 0.1) is 17.1 Å². The summed E-state index contributed by atoms with van der Waals surface area (Å²) in [4.78, 5) is 0. The van der Waals surface area contributed by atoms with Crippen LogP contribution in [-0.2, 0) is 6.42 Å². The van der Waals surface area contributed by atoms with E-state index in [1.807, 2.05) is 18.2 Å². The summed E-state index contributed by atoms with van der Waals surface area (Å²) < 4.78 is 18.4. The van der Waals surface area contributed by atoms with Crippen LogP contribution in [0.3, 0.4) is 0 Å². The Kier molecular flexibility index (Phi) is 5.16. The maximum absolute atomic E-state index is 13.0. The van der Waals surface area contributed by atoms with Crippen LogP contribution >= 0.6 is 0 Å². The molecule has 1 atom stereocenters. The van der Waals surface area contributed by atoms with E-state index in [2.05, 4.69) is 19.9 Å². The van der Waals surface area contributed by atoms with Crippen molar-refractivity contribution in [3.05, 3.63) is 65.0 Å². The highest BCUT2D eigenvalue weighted by Crippen LogP contribution is 2.32. The van der Waals surface area contributed by atoms with Crippen LogP contribution in [0.15, 0.2) is 42.5 Å². The van der Waals surface area contributed by atoms with Gasteiger partial charge in [0.15, 0.2) is 0 Å². The molecule has 0 saturated carbocycles. The van der Waals surface area contributed by atoms with Gasteiger partial charge in [-0.25, -0.2) is 4.39 Å².